The van der Waals surface area contributed by atoms with E-state index in [2.05, 4.69) is 14.5 Å². The van der Waals surface area contributed by atoms with Gasteiger partial charge in [0.15, 0.2) is 6.26 Å². The van der Waals surface area contributed by atoms with E-state index in [0.29, 0.717) is 12.0 Å². The topological polar surface area (TPSA) is 121 Å². The van der Waals surface area contributed by atoms with Crippen molar-refractivity contribution < 1.29 is 36.6 Å². The number of nitriles is 1. The van der Waals surface area contributed by atoms with E-state index in [-0.39, 0.29) is 48.3 Å². The maximum atomic E-state index is 14.8. The molecule has 3 aromatic carbocycles. The number of aromatic hydroxyl groups is 1. The second-order valence-electron chi connectivity index (χ2n) is 10.3. The first-order valence-electron chi connectivity index (χ1n) is 13.5. The summed E-state index contributed by atoms with van der Waals surface area (Å²) < 4.78 is 64.3. The fraction of sp³-hybridized carbons (Fsp3) is 0.258. The van der Waals surface area contributed by atoms with Crippen molar-refractivity contribution in [1.29, 1.82) is 5.26 Å². The Labute approximate surface area is 248 Å². The van der Waals surface area contributed by atoms with E-state index in [1.807, 2.05) is 36.4 Å². The van der Waals surface area contributed by atoms with Crippen LogP contribution in [-0.2, 0) is 17.9 Å². The summed E-state index contributed by atoms with van der Waals surface area (Å²) in [5.41, 5.74) is 1.53. The zero-order chi connectivity index (χ0) is 31.4. The van der Waals surface area contributed by atoms with Gasteiger partial charge in [-0.2, -0.15) is 5.26 Å². The van der Waals surface area contributed by atoms with Gasteiger partial charge in [-0.25, -0.2) is 13.8 Å². The van der Waals surface area contributed by atoms with Gasteiger partial charge in [-0.3, -0.25) is 4.79 Å². The van der Waals surface area contributed by atoms with Crippen molar-refractivity contribution in [2.75, 3.05) is 13.1 Å². The highest BCUT2D eigenvalue weighted by Gasteiger charge is 2.34. The summed E-state index contributed by atoms with van der Waals surface area (Å²) in [6.45, 7) is 0.0148. The average molecular weight is 611 g/mol. The van der Waals surface area contributed by atoms with E-state index in [1.165, 1.54) is 24.3 Å². The van der Waals surface area contributed by atoms with E-state index < -0.39 is 42.0 Å². The normalized spacial score (nSPS) is 16.8. The molecule has 0 radical (unpaired) electrons. The van der Waals surface area contributed by atoms with Crippen molar-refractivity contribution in [3.63, 3.8) is 0 Å². The number of benzene rings is 3. The van der Waals surface area contributed by atoms with E-state index in [1.54, 1.807) is 4.90 Å². The van der Waals surface area contributed by atoms with Gasteiger partial charge in [-0.1, -0.05) is 42.5 Å². The number of hydrogen-bond donors (Lipinski definition) is 2. The number of aromatic nitrogens is 1. The van der Waals surface area contributed by atoms with E-state index in [4.69, 9.17) is 5.26 Å². The number of piperidine rings is 1. The Morgan fingerprint density at radius 2 is 1.91 bits per heavy atom. The lowest BCUT2D eigenvalue weighted by atomic mass is 9.85. The van der Waals surface area contributed by atoms with Crippen LogP contribution in [0.1, 0.15) is 29.0 Å². The molecule has 5 rings (SSSR count). The van der Waals surface area contributed by atoms with Crippen molar-refractivity contribution in [2.24, 2.45) is 0 Å². The number of hydrogen-bond acceptors (Lipinski definition) is 7. The molecule has 1 fully saturated rings. The van der Waals surface area contributed by atoms with Crippen molar-refractivity contribution in [1.82, 2.24) is 14.8 Å². The summed E-state index contributed by atoms with van der Waals surface area (Å²) in [5, 5.41) is 22.2. The molecule has 1 aromatic heterocycles. The Hall–Kier alpha value is -5.09. The molecule has 1 aliphatic rings. The number of amides is 1. The summed E-state index contributed by atoms with van der Waals surface area (Å²) in [6.07, 6.45) is -3.70. The molecule has 0 saturated carbocycles. The Morgan fingerprint density at radius 1 is 1.14 bits per heavy atom. The van der Waals surface area contributed by atoms with E-state index in [9.17, 15) is 32.3 Å². The Morgan fingerprint density at radius 3 is 2.57 bits per heavy atom. The molecule has 0 aliphatic carbocycles. The minimum absolute atomic E-state index is 0.0720. The lowest BCUT2D eigenvalue weighted by molar-refractivity contribution is -0.274. The van der Waals surface area contributed by atoms with Gasteiger partial charge in [0.1, 0.15) is 18.1 Å². The summed E-state index contributed by atoms with van der Waals surface area (Å²) >= 11 is 0. The third-order valence-corrected chi connectivity index (χ3v) is 7.50. The molecule has 2 N–H and O–H groups in total. The van der Waals surface area contributed by atoms with Gasteiger partial charge >= 0.3 is 12.1 Å². The van der Waals surface area contributed by atoms with Crippen molar-refractivity contribution >= 4 is 5.91 Å². The molecular formula is C31H26F4N4O5. The molecule has 0 unspecified atom stereocenters. The minimum atomic E-state index is -4.96. The van der Waals surface area contributed by atoms with Crippen LogP contribution in [-0.4, -0.2) is 46.0 Å². The molecule has 44 heavy (non-hydrogen) atoms. The monoisotopic (exact) mass is 610 g/mol. The largest absolute Gasteiger partial charge is 0.573 e. The molecule has 228 valence electrons. The SMILES string of the molecule is N#Cc1ccc(-c2ccc(OC(F)(F)F)c(CN[C@H]3CCN(C(=O)Cn4c(O)coc4=O)C[C@H]3c3ccccc3)c2)c(F)c1. The standard InChI is InChI=1S/C31H26F4N4O5/c32-25-12-19(14-36)6-8-23(25)21-7-9-27(44-31(33,34)35)22(13-21)15-37-26-10-11-38(16-24(26)20-4-2-1-3-5-20)28(40)17-39-29(41)18-43-30(39)42/h1-9,12-13,18,24,26,37,41H,10-11,15-17H2/t24-,26-/m0/s1. The lowest BCUT2D eigenvalue weighted by Crippen LogP contribution is -2.50. The zero-order valence-electron chi connectivity index (χ0n) is 23.1. The molecular weight excluding hydrogens is 584 g/mol. The minimum Gasteiger partial charge on any atom is -0.492 e. The number of halogens is 4. The predicted octanol–water partition coefficient (Wildman–Crippen LogP) is 4.90. The number of nitrogens with one attached hydrogen (secondary N) is 1. The molecule has 1 saturated heterocycles. The molecule has 0 spiro atoms. The molecule has 2 heterocycles. The first-order valence-corrected chi connectivity index (χ1v) is 13.5. The van der Waals surface area contributed by atoms with Crippen LogP contribution < -0.4 is 15.8 Å². The van der Waals surface area contributed by atoms with Gasteiger partial charge in [0.05, 0.1) is 11.6 Å². The van der Waals surface area contributed by atoms with Gasteiger partial charge in [0, 0.05) is 42.7 Å². The van der Waals surface area contributed by atoms with Crippen LogP contribution in [0.3, 0.4) is 0 Å². The lowest BCUT2D eigenvalue weighted by Gasteiger charge is -2.39. The summed E-state index contributed by atoms with van der Waals surface area (Å²) in [7, 11) is 0. The van der Waals surface area contributed by atoms with Gasteiger partial charge in [-0.15, -0.1) is 13.2 Å². The zero-order valence-corrected chi connectivity index (χ0v) is 23.1. The highest BCUT2D eigenvalue weighted by molar-refractivity contribution is 5.76. The third kappa shape index (κ3) is 6.92. The van der Waals surface area contributed by atoms with Crippen LogP contribution in [0.5, 0.6) is 11.6 Å². The fourth-order valence-electron chi connectivity index (χ4n) is 5.33. The number of ether oxygens (including phenoxy) is 1. The maximum absolute atomic E-state index is 14.8. The van der Waals surface area contributed by atoms with Crippen LogP contribution in [0.15, 0.2) is 82.2 Å². The number of oxazole rings is 1. The van der Waals surface area contributed by atoms with Crippen molar-refractivity contribution in [2.45, 2.75) is 37.8 Å². The first-order chi connectivity index (χ1) is 21.0. The Balaban J connectivity index is 1.39. The third-order valence-electron chi connectivity index (χ3n) is 7.50. The number of alkyl halides is 3. The van der Waals surface area contributed by atoms with Gasteiger partial charge in [0.25, 0.3) is 0 Å². The first kappa shape index (κ1) is 30.4. The quantitative estimate of drug-likeness (QED) is 0.273. The van der Waals surface area contributed by atoms with Crippen LogP contribution in [0.2, 0.25) is 0 Å². The molecule has 4 aromatic rings. The average Bonchev–Trinajstić information content (AvgIpc) is 3.32. The molecule has 1 amide bonds. The molecule has 2 atom stereocenters. The smallest absolute Gasteiger partial charge is 0.492 e. The summed E-state index contributed by atoms with van der Waals surface area (Å²) in [5.74, 6) is -3.18. The Bertz CT molecular complexity index is 1750. The van der Waals surface area contributed by atoms with Gasteiger partial charge in [-0.05, 0) is 41.8 Å². The number of carbonyl (C=O) groups is 1. The maximum Gasteiger partial charge on any atom is 0.573 e. The van der Waals surface area contributed by atoms with Crippen LogP contribution >= 0.6 is 0 Å². The van der Waals surface area contributed by atoms with Crippen molar-refractivity contribution in [3.05, 3.63) is 106 Å². The number of likely N-dealkylation sites (tertiary alicyclic amines) is 1. The van der Waals surface area contributed by atoms with Crippen LogP contribution in [0.25, 0.3) is 11.1 Å². The summed E-state index contributed by atoms with van der Waals surface area (Å²) in [4.78, 5) is 26.5. The predicted molar refractivity (Wildman–Crippen MR) is 149 cm³/mol. The van der Waals surface area contributed by atoms with Gasteiger partial charge < -0.3 is 24.5 Å². The van der Waals surface area contributed by atoms with E-state index in [0.717, 1.165) is 28.5 Å². The molecule has 0 bridgehead atoms. The number of rotatable bonds is 8. The van der Waals surface area contributed by atoms with Crippen molar-refractivity contribution in [3.8, 4) is 28.8 Å². The van der Waals surface area contributed by atoms with Crippen LogP contribution in [0.4, 0.5) is 17.6 Å². The van der Waals surface area contributed by atoms with Gasteiger partial charge in [0.2, 0.25) is 11.8 Å². The molecule has 1 aliphatic heterocycles. The number of nitrogens with zero attached hydrogens (tertiary/aromatic N) is 3. The fourth-order valence-corrected chi connectivity index (χ4v) is 5.33. The second-order valence-corrected chi connectivity index (χ2v) is 10.3. The van der Waals surface area contributed by atoms with Crippen LogP contribution in [0, 0.1) is 17.1 Å². The van der Waals surface area contributed by atoms with E-state index >= 15 is 0 Å². The summed E-state index contributed by atoms with van der Waals surface area (Å²) in [6, 6.07) is 18.5. The highest BCUT2D eigenvalue weighted by Crippen LogP contribution is 2.33. The Kier molecular flexibility index (Phi) is 8.73. The molecule has 9 nitrogen and oxygen atoms in total. The molecule has 13 heteroatoms. The highest BCUT2D eigenvalue weighted by atomic mass is 19.4. The number of carbonyl (C=O) groups excluding carboxylic acids is 1. The second kappa shape index (κ2) is 12.6.